The zero-order valence-electron chi connectivity index (χ0n) is 14.3. The van der Waals surface area contributed by atoms with Crippen molar-refractivity contribution in [3.63, 3.8) is 0 Å². The molecule has 2 aromatic carbocycles. The summed E-state index contributed by atoms with van der Waals surface area (Å²) in [7, 11) is 0. The molecule has 3 aromatic rings. The summed E-state index contributed by atoms with van der Waals surface area (Å²) in [6.07, 6.45) is 0.974. The molecule has 0 aliphatic carbocycles. The topological polar surface area (TPSA) is 15.3 Å². The van der Waals surface area contributed by atoms with Crippen LogP contribution in [0.2, 0.25) is 0 Å². The first-order valence-electron chi connectivity index (χ1n) is 8.39. The van der Waals surface area contributed by atoms with E-state index >= 15 is 0 Å². The van der Waals surface area contributed by atoms with Crippen LogP contribution in [0.5, 0.6) is 0 Å². The third-order valence-corrected chi connectivity index (χ3v) is 5.25. The summed E-state index contributed by atoms with van der Waals surface area (Å²) in [5.41, 5.74) is 3.61. The monoisotopic (exact) mass is 366 g/mol. The lowest BCUT2D eigenvalue weighted by Crippen LogP contribution is -2.35. The van der Waals surface area contributed by atoms with Crippen LogP contribution in [-0.4, -0.2) is 16.6 Å². The minimum atomic E-state index is 0.771. The minimum Gasteiger partial charge on any atom is -0.344 e. The van der Waals surface area contributed by atoms with Crippen molar-refractivity contribution in [3.05, 3.63) is 88.1 Å². The second kappa shape index (κ2) is 8.79. The highest BCUT2D eigenvalue weighted by atomic mass is 32.1. The second-order valence-electron chi connectivity index (χ2n) is 6.03. The summed E-state index contributed by atoms with van der Waals surface area (Å²) in [6, 6.07) is 23.1. The Hall–Kier alpha value is -2.17. The number of hydrogen-bond donors (Lipinski definition) is 1. The zero-order chi connectivity index (χ0) is 17.5. The predicted molar refractivity (Wildman–Crippen MR) is 112 cm³/mol. The van der Waals surface area contributed by atoms with E-state index in [1.807, 2.05) is 0 Å². The highest BCUT2D eigenvalue weighted by Crippen LogP contribution is 2.15. The van der Waals surface area contributed by atoms with E-state index in [1.54, 1.807) is 11.3 Å². The van der Waals surface area contributed by atoms with E-state index in [2.05, 4.69) is 89.3 Å². The number of thiocarbonyl (C=S) groups is 1. The van der Waals surface area contributed by atoms with Crippen LogP contribution in [0.15, 0.2) is 72.1 Å². The Bertz CT molecular complexity index is 781. The number of benzene rings is 2. The van der Waals surface area contributed by atoms with Crippen LogP contribution in [0.4, 0.5) is 5.69 Å². The molecule has 0 saturated carbocycles. The molecule has 0 saturated heterocycles. The SMILES string of the molecule is Cc1ccc(NC(=S)N(CCc2ccccc2)Cc2cccs2)cc1. The molecule has 0 unspecified atom stereocenters. The summed E-state index contributed by atoms with van der Waals surface area (Å²) in [6.45, 7) is 3.81. The van der Waals surface area contributed by atoms with Gasteiger partial charge in [-0.1, -0.05) is 54.1 Å². The number of nitrogens with one attached hydrogen (secondary N) is 1. The summed E-state index contributed by atoms with van der Waals surface area (Å²) < 4.78 is 0. The number of anilines is 1. The van der Waals surface area contributed by atoms with Gasteiger partial charge in [0.15, 0.2) is 5.11 Å². The fourth-order valence-electron chi connectivity index (χ4n) is 2.59. The van der Waals surface area contributed by atoms with E-state index in [9.17, 15) is 0 Å². The van der Waals surface area contributed by atoms with Crippen molar-refractivity contribution in [2.45, 2.75) is 19.9 Å². The van der Waals surface area contributed by atoms with Gasteiger partial charge in [-0.15, -0.1) is 11.3 Å². The van der Waals surface area contributed by atoms with Crippen molar-refractivity contribution in [1.29, 1.82) is 0 Å². The molecule has 0 spiro atoms. The number of hydrogen-bond acceptors (Lipinski definition) is 2. The number of aryl methyl sites for hydroxylation is 1. The Labute approximate surface area is 159 Å². The van der Waals surface area contributed by atoms with Gasteiger partial charge in [-0.05, 0) is 54.7 Å². The van der Waals surface area contributed by atoms with Crippen molar-refractivity contribution >= 4 is 34.4 Å². The van der Waals surface area contributed by atoms with E-state index in [4.69, 9.17) is 12.2 Å². The highest BCUT2D eigenvalue weighted by molar-refractivity contribution is 7.80. The van der Waals surface area contributed by atoms with Gasteiger partial charge >= 0.3 is 0 Å². The first-order chi connectivity index (χ1) is 12.2. The standard InChI is InChI=1S/C21H22N2S2/c1-17-9-11-19(12-10-17)22-21(24)23(16-20-8-5-15-25-20)14-13-18-6-3-2-4-7-18/h2-12,15H,13-14,16H2,1H3,(H,22,24). The number of nitrogens with zero attached hydrogens (tertiary/aromatic N) is 1. The maximum atomic E-state index is 5.70. The maximum Gasteiger partial charge on any atom is 0.173 e. The summed E-state index contributed by atoms with van der Waals surface area (Å²) >= 11 is 7.47. The lowest BCUT2D eigenvalue weighted by molar-refractivity contribution is 0.427. The zero-order valence-corrected chi connectivity index (χ0v) is 15.9. The van der Waals surface area contributed by atoms with Crippen LogP contribution < -0.4 is 5.32 Å². The van der Waals surface area contributed by atoms with Gasteiger partial charge in [0.05, 0.1) is 6.54 Å². The van der Waals surface area contributed by atoms with Gasteiger partial charge in [-0.3, -0.25) is 0 Å². The normalized spacial score (nSPS) is 10.4. The molecule has 0 aliphatic heterocycles. The van der Waals surface area contributed by atoms with Gasteiger partial charge in [-0.25, -0.2) is 0 Å². The van der Waals surface area contributed by atoms with Crippen molar-refractivity contribution in [2.75, 3.05) is 11.9 Å². The van der Waals surface area contributed by atoms with E-state index < -0.39 is 0 Å². The van der Waals surface area contributed by atoms with Crippen LogP contribution in [0.1, 0.15) is 16.0 Å². The lowest BCUT2D eigenvalue weighted by Gasteiger charge is -2.25. The minimum absolute atomic E-state index is 0.771. The molecule has 0 bridgehead atoms. The Kier molecular flexibility index (Phi) is 6.20. The Morgan fingerprint density at radius 1 is 1.00 bits per heavy atom. The molecule has 128 valence electrons. The first-order valence-corrected chi connectivity index (χ1v) is 9.68. The summed E-state index contributed by atoms with van der Waals surface area (Å²) in [4.78, 5) is 3.56. The first kappa shape index (κ1) is 17.6. The van der Waals surface area contributed by atoms with Crippen molar-refractivity contribution in [1.82, 2.24) is 4.90 Å². The molecule has 1 N–H and O–H groups in total. The lowest BCUT2D eigenvalue weighted by atomic mass is 10.1. The van der Waals surface area contributed by atoms with E-state index in [0.29, 0.717) is 0 Å². The van der Waals surface area contributed by atoms with E-state index in [1.165, 1.54) is 16.0 Å². The van der Waals surface area contributed by atoms with Gasteiger partial charge in [0, 0.05) is 17.1 Å². The molecule has 1 heterocycles. The molecule has 0 radical (unpaired) electrons. The number of thiophene rings is 1. The molecular weight excluding hydrogens is 344 g/mol. The Morgan fingerprint density at radius 2 is 1.76 bits per heavy atom. The molecule has 0 amide bonds. The third kappa shape index (κ3) is 5.41. The molecule has 1 aromatic heterocycles. The average molecular weight is 367 g/mol. The van der Waals surface area contributed by atoms with Crippen LogP contribution in [-0.2, 0) is 13.0 Å². The Balaban J connectivity index is 1.68. The third-order valence-electron chi connectivity index (χ3n) is 4.03. The van der Waals surface area contributed by atoms with Gasteiger partial charge in [-0.2, -0.15) is 0 Å². The van der Waals surface area contributed by atoms with Crippen molar-refractivity contribution in [2.24, 2.45) is 0 Å². The van der Waals surface area contributed by atoms with Crippen LogP contribution in [0.25, 0.3) is 0 Å². The van der Waals surface area contributed by atoms with Gasteiger partial charge < -0.3 is 10.2 Å². The number of rotatable bonds is 6. The summed E-state index contributed by atoms with van der Waals surface area (Å²) in [5.74, 6) is 0. The predicted octanol–water partition coefficient (Wildman–Crippen LogP) is 5.50. The highest BCUT2D eigenvalue weighted by Gasteiger charge is 2.11. The fourth-order valence-corrected chi connectivity index (χ4v) is 3.58. The van der Waals surface area contributed by atoms with Gasteiger partial charge in [0.25, 0.3) is 0 Å². The van der Waals surface area contributed by atoms with Crippen molar-refractivity contribution < 1.29 is 0 Å². The van der Waals surface area contributed by atoms with E-state index in [0.717, 1.165) is 30.3 Å². The largest absolute Gasteiger partial charge is 0.344 e. The van der Waals surface area contributed by atoms with Crippen LogP contribution in [0, 0.1) is 6.92 Å². The molecule has 2 nitrogen and oxygen atoms in total. The molecule has 25 heavy (non-hydrogen) atoms. The van der Waals surface area contributed by atoms with Crippen LogP contribution >= 0.6 is 23.6 Å². The second-order valence-corrected chi connectivity index (χ2v) is 7.45. The molecular formula is C21H22N2S2. The molecule has 3 rings (SSSR count). The average Bonchev–Trinajstić information content (AvgIpc) is 3.14. The molecule has 0 atom stereocenters. The quantitative estimate of drug-likeness (QED) is 0.580. The maximum absolute atomic E-state index is 5.70. The van der Waals surface area contributed by atoms with Crippen LogP contribution in [0.3, 0.4) is 0 Å². The van der Waals surface area contributed by atoms with E-state index in [-0.39, 0.29) is 0 Å². The van der Waals surface area contributed by atoms with Crippen molar-refractivity contribution in [3.8, 4) is 0 Å². The molecule has 0 aliphatic rings. The Morgan fingerprint density at radius 3 is 2.44 bits per heavy atom. The van der Waals surface area contributed by atoms with Gasteiger partial charge in [0.1, 0.15) is 0 Å². The summed E-state index contributed by atoms with van der Waals surface area (Å²) in [5, 5.41) is 6.26. The molecule has 4 heteroatoms. The molecule has 0 fully saturated rings. The fraction of sp³-hybridized carbons (Fsp3) is 0.190. The smallest absolute Gasteiger partial charge is 0.173 e. The van der Waals surface area contributed by atoms with Gasteiger partial charge in [0.2, 0.25) is 0 Å².